The minimum Gasteiger partial charge on any atom is -0.508 e. The molecular weight excluding hydrogens is 578 g/mol. The van der Waals surface area contributed by atoms with Crippen LogP contribution in [0.3, 0.4) is 0 Å². The average molecular weight is 618 g/mol. The minimum atomic E-state index is -3.71. The maximum atomic E-state index is 12.8. The molecule has 0 heterocycles. The second-order valence-corrected chi connectivity index (χ2v) is 12.6. The number of aliphatic hydroxyl groups is 2. The quantitative estimate of drug-likeness (QED) is 0.120. The summed E-state index contributed by atoms with van der Waals surface area (Å²) in [6.45, 7) is 2.38. The van der Waals surface area contributed by atoms with E-state index in [0.29, 0.717) is 29.7 Å². The summed E-state index contributed by atoms with van der Waals surface area (Å²) in [6, 6.07) is 28.3. The number of amides is 1. The van der Waals surface area contributed by atoms with Gasteiger partial charge in [-0.05, 0) is 65.4 Å². The Morgan fingerprint density at radius 1 is 0.818 bits per heavy atom. The number of carbonyl (C=O) groups excluding carboxylic acids is 1. The number of phenols is 1. The van der Waals surface area contributed by atoms with E-state index in [0.717, 1.165) is 16.7 Å². The highest BCUT2D eigenvalue weighted by Gasteiger charge is 2.15. The maximum Gasteiger partial charge on any atom is 0.240 e. The Hall–Kier alpha value is -4.06. The third kappa shape index (κ3) is 9.73. The van der Waals surface area contributed by atoms with Crippen LogP contribution in [0.4, 0.5) is 0 Å². The highest BCUT2D eigenvalue weighted by molar-refractivity contribution is 7.89. The molecule has 0 aliphatic heterocycles. The van der Waals surface area contributed by atoms with Crippen molar-refractivity contribution in [2.45, 2.75) is 56.5 Å². The number of nitrogens with one attached hydrogen (secondary N) is 3. The lowest BCUT2D eigenvalue weighted by Crippen LogP contribution is -2.32. The summed E-state index contributed by atoms with van der Waals surface area (Å²) in [5.41, 5.74) is 4.40. The van der Waals surface area contributed by atoms with Gasteiger partial charge in [0.2, 0.25) is 15.9 Å². The predicted molar refractivity (Wildman–Crippen MR) is 169 cm³/mol. The zero-order valence-corrected chi connectivity index (χ0v) is 25.4. The van der Waals surface area contributed by atoms with Crippen molar-refractivity contribution < 1.29 is 28.5 Å². The first kappa shape index (κ1) is 32.8. The number of hydrogen-bond donors (Lipinski definition) is 6. The number of sulfonamides is 1. The molecule has 0 spiro atoms. The number of hydrogen-bond acceptors (Lipinski definition) is 7. The van der Waals surface area contributed by atoms with E-state index in [1.54, 1.807) is 30.3 Å². The summed E-state index contributed by atoms with van der Waals surface area (Å²) in [5, 5.41) is 35.8. The van der Waals surface area contributed by atoms with Crippen LogP contribution in [0.25, 0.3) is 0 Å². The molecule has 0 radical (unpaired) electrons. The van der Waals surface area contributed by atoms with Crippen LogP contribution in [-0.2, 0) is 47.4 Å². The average Bonchev–Trinajstić information content (AvgIpc) is 3.03. The largest absolute Gasteiger partial charge is 0.508 e. The summed E-state index contributed by atoms with van der Waals surface area (Å²) < 4.78 is 28.2. The number of carbonyl (C=O) groups is 1. The molecule has 1 amide bonds. The summed E-state index contributed by atoms with van der Waals surface area (Å²) in [5.74, 6) is -0.186. The zero-order chi connectivity index (χ0) is 31.5. The van der Waals surface area contributed by atoms with Crippen LogP contribution in [0.1, 0.15) is 46.4 Å². The van der Waals surface area contributed by atoms with Gasteiger partial charge in [0.15, 0.2) is 0 Å². The van der Waals surface area contributed by atoms with Gasteiger partial charge >= 0.3 is 0 Å². The van der Waals surface area contributed by atoms with Gasteiger partial charge in [0.25, 0.3) is 0 Å². The van der Waals surface area contributed by atoms with Gasteiger partial charge in [0.1, 0.15) is 5.75 Å². The van der Waals surface area contributed by atoms with Gasteiger partial charge < -0.3 is 26.0 Å². The molecule has 0 aromatic heterocycles. The fourth-order valence-electron chi connectivity index (χ4n) is 4.79. The van der Waals surface area contributed by atoms with E-state index >= 15 is 0 Å². The number of rotatable bonds is 15. The highest BCUT2D eigenvalue weighted by atomic mass is 32.2. The van der Waals surface area contributed by atoms with Gasteiger partial charge in [-0.1, -0.05) is 72.8 Å². The van der Waals surface area contributed by atoms with Crippen LogP contribution in [0, 0.1) is 0 Å². The van der Waals surface area contributed by atoms with Gasteiger partial charge in [-0.3, -0.25) is 4.79 Å². The lowest BCUT2D eigenvalue weighted by Gasteiger charge is -2.18. The Labute approximate surface area is 258 Å². The number of aromatic hydroxyl groups is 1. The molecule has 0 fully saturated rings. The Balaban J connectivity index is 1.25. The van der Waals surface area contributed by atoms with Crippen molar-refractivity contribution in [1.29, 1.82) is 0 Å². The lowest BCUT2D eigenvalue weighted by molar-refractivity contribution is -0.120. The third-order valence-electron chi connectivity index (χ3n) is 7.22. The van der Waals surface area contributed by atoms with Crippen LogP contribution in [0.15, 0.2) is 102 Å². The van der Waals surface area contributed by atoms with Crippen LogP contribution < -0.4 is 15.4 Å². The van der Waals surface area contributed by atoms with Crippen molar-refractivity contribution >= 4 is 15.9 Å². The fourth-order valence-corrected chi connectivity index (χ4v) is 5.88. The molecule has 0 bridgehead atoms. The maximum absolute atomic E-state index is 12.8. The fraction of sp³-hybridized carbons (Fsp3) is 0.265. The van der Waals surface area contributed by atoms with Crippen LogP contribution in [0.5, 0.6) is 5.75 Å². The zero-order valence-electron chi connectivity index (χ0n) is 24.6. The lowest BCUT2D eigenvalue weighted by atomic mass is 10.0. The smallest absolute Gasteiger partial charge is 0.240 e. The molecule has 10 heteroatoms. The van der Waals surface area contributed by atoms with Crippen molar-refractivity contribution in [2.75, 3.05) is 6.54 Å². The highest BCUT2D eigenvalue weighted by Crippen LogP contribution is 2.22. The van der Waals surface area contributed by atoms with Gasteiger partial charge in [-0.15, -0.1) is 0 Å². The molecule has 4 rings (SSSR count). The first-order valence-electron chi connectivity index (χ1n) is 14.4. The van der Waals surface area contributed by atoms with E-state index in [1.807, 2.05) is 61.5 Å². The molecule has 4 aromatic rings. The molecule has 0 saturated heterocycles. The van der Waals surface area contributed by atoms with Gasteiger partial charge in [-0.2, -0.15) is 0 Å². The number of aliphatic hydroxyl groups excluding tert-OH is 2. The van der Waals surface area contributed by atoms with Crippen molar-refractivity contribution in [1.82, 2.24) is 15.4 Å². The summed E-state index contributed by atoms with van der Waals surface area (Å²) in [4.78, 5) is 12.9. The molecule has 6 N–H and O–H groups in total. The standard InChI is InChI=1S/C34H39N3O6S/c1-24(35-22-33(40)29-13-14-32(39)30(19-29)23-38)15-26-9-5-10-27(16-26)18-34(41)36-20-28-11-6-12-31(17-28)44(42,43)37-21-25-7-3-2-4-8-25/h2-14,16-17,19,24,33,35,37-40H,15,18,20-23H2,1H3,(H,36,41)/t24?,33-/m0/s1. The second-order valence-electron chi connectivity index (χ2n) is 10.8. The van der Waals surface area contributed by atoms with Crippen molar-refractivity contribution in [3.63, 3.8) is 0 Å². The van der Waals surface area contributed by atoms with Crippen LogP contribution in [-0.4, -0.2) is 42.2 Å². The van der Waals surface area contributed by atoms with E-state index in [-0.39, 0.29) is 48.7 Å². The molecule has 1 unspecified atom stereocenters. The SMILES string of the molecule is CC(Cc1cccc(CC(=O)NCc2cccc(S(=O)(=O)NCc3ccccc3)c2)c1)NC[C@H](O)c1ccc(O)c(CO)c1. The molecule has 9 nitrogen and oxygen atoms in total. The molecule has 0 aliphatic carbocycles. The van der Waals surface area contributed by atoms with Crippen molar-refractivity contribution in [3.8, 4) is 5.75 Å². The third-order valence-corrected chi connectivity index (χ3v) is 8.62. The Bertz CT molecular complexity index is 1650. The van der Waals surface area contributed by atoms with E-state index in [9.17, 15) is 28.5 Å². The topological polar surface area (TPSA) is 148 Å². The molecule has 0 aliphatic rings. The van der Waals surface area contributed by atoms with E-state index < -0.39 is 16.1 Å². The monoisotopic (exact) mass is 617 g/mol. The Kier molecular flexibility index (Phi) is 11.6. The van der Waals surface area contributed by atoms with Gasteiger partial charge in [0, 0.05) is 31.2 Å². The van der Waals surface area contributed by atoms with E-state index in [1.165, 1.54) is 12.1 Å². The second kappa shape index (κ2) is 15.6. The van der Waals surface area contributed by atoms with Gasteiger partial charge in [0.05, 0.1) is 24.0 Å². The molecule has 44 heavy (non-hydrogen) atoms. The van der Waals surface area contributed by atoms with Gasteiger partial charge in [-0.25, -0.2) is 13.1 Å². The van der Waals surface area contributed by atoms with Crippen LogP contribution >= 0.6 is 0 Å². The summed E-state index contributed by atoms with van der Waals surface area (Å²) in [6.07, 6.45) is 0.0582. The van der Waals surface area contributed by atoms with Crippen molar-refractivity contribution in [2.24, 2.45) is 0 Å². The normalized spacial score (nSPS) is 12.9. The van der Waals surface area contributed by atoms with E-state index in [4.69, 9.17) is 0 Å². The molecule has 0 saturated carbocycles. The molecule has 2 atom stereocenters. The predicted octanol–water partition coefficient (Wildman–Crippen LogP) is 3.48. The summed E-state index contributed by atoms with van der Waals surface area (Å²) in [7, 11) is -3.71. The number of benzene rings is 4. The van der Waals surface area contributed by atoms with Crippen LogP contribution in [0.2, 0.25) is 0 Å². The molecular formula is C34H39N3O6S. The van der Waals surface area contributed by atoms with Crippen molar-refractivity contribution in [3.05, 3.63) is 130 Å². The molecule has 232 valence electrons. The van der Waals surface area contributed by atoms with E-state index in [2.05, 4.69) is 15.4 Å². The Morgan fingerprint density at radius 3 is 2.30 bits per heavy atom. The summed E-state index contributed by atoms with van der Waals surface area (Å²) >= 11 is 0. The molecule has 4 aromatic carbocycles. The first-order valence-corrected chi connectivity index (χ1v) is 15.9. The minimum absolute atomic E-state index is 0.00861. The Morgan fingerprint density at radius 2 is 1.52 bits per heavy atom. The first-order chi connectivity index (χ1) is 21.1.